The highest BCUT2D eigenvalue weighted by Gasteiger charge is 2.22. The summed E-state index contributed by atoms with van der Waals surface area (Å²) >= 11 is 7.06. The van der Waals surface area contributed by atoms with Gasteiger partial charge in [0, 0.05) is 16.5 Å². The summed E-state index contributed by atoms with van der Waals surface area (Å²) in [7, 11) is 0. The molecule has 23 heavy (non-hydrogen) atoms. The van der Waals surface area contributed by atoms with Crippen LogP contribution in [0.15, 0.2) is 46.4 Å². The van der Waals surface area contributed by atoms with Gasteiger partial charge in [-0.2, -0.15) is 0 Å². The van der Waals surface area contributed by atoms with E-state index in [0.29, 0.717) is 15.5 Å². The SMILES string of the molecule is O=C(Nc1csc(-c2ccc(Cl)cc2)c1C(=O)O)c1ccno1. The maximum Gasteiger partial charge on any atom is 0.339 e. The number of amides is 1. The van der Waals surface area contributed by atoms with Crippen molar-refractivity contribution in [2.75, 3.05) is 5.32 Å². The van der Waals surface area contributed by atoms with Crippen LogP contribution in [0.3, 0.4) is 0 Å². The van der Waals surface area contributed by atoms with E-state index in [2.05, 4.69) is 10.5 Å². The quantitative estimate of drug-likeness (QED) is 0.743. The van der Waals surface area contributed by atoms with Crippen LogP contribution in [-0.2, 0) is 0 Å². The van der Waals surface area contributed by atoms with E-state index in [1.54, 1.807) is 29.6 Å². The van der Waals surface area contributed by atoms with Crippen LogP contribution in [0.1, 0.15) is 20.9 Å². The number of nitrogens with zero attached hydrogens (tertiary/aromatic N) is 1. The lowest BCUT2D eigenvalue weighted by atomic mass is 10.1. The molecule has 0 saturated carbocycles. The number of carboxylic acid groups (broad SMARTS) is 1. The van der Waals surface area contributed by atoms with Crippen molar-refractivity contribution >= 4 is 40.5 Å². The molecule has 2 N–H and O–H groups in total. The molecule has 0 bridgehead atoms. The van der Waals surface area contributed by atoms with Crippen molar-refractivity contribution in [2.45, 2.75) is 0 Å². The fraction of sp³-hybridized carbons (Fsp3) is 0. The summed E-state index contributed by atoms with van der Waals surface area (Å²) in [6.07, 6.45) is 1.33. The number of thiophene rings is 1. The zero-order chi connectivity index (χ0) is 16.4. The molecular formula is C15H9ClN2O4S. The number of benzene rings is 1. The highest BCUT2D eigenvalue weighted by Crippen LogP contribution is 2.36. The summed E-state index contributed by atoms with van der Waals surface area (Å²) in [5.41, 5.74) is 0.927. The minimum absolute atomic E-state index is 0.000539. The normalized spacial score (nSPS) is 10.5. The first-order valence-corrected chi connectivity index (χ1v) is 7.65. The second kappa shape index (κ2) is 6.23. The molecule has 0 aliphatic carbocycles. The van der Waals surface area contributed by atoms with Crippen molar-refractivity contribution in [3.8, 4) is 10.4 Å². The van der Waals surface area contributed by atoms with Crippen molar-refractivity contribution in [2.24, 2.45) is 0 Å². The Balaban J connectivity index is 1.97. The van der Waals surface area contributed by atoms with Gasteiger partial charge in [0.1, 0.15) is 5.56 Å². The van der Waals surface area contributed by atoms with Gasteiger partial charge in [0.2, 0.25) is 5.76 Å². The predicted octanol–water partition coefficient (Wildman–Crippen LogP) is 4.01. The molecule has 0 radical (unpaired) electrons. The van der Waals surface area contributed by atoms with Gasteiger partial charge in [0.15, 0.2) is 0 Å². The van der Waals surface area contributed by atoms with Gasteiger partial charge in [0.05, 0.1) is 16.8 Å². The lowest BCUT2D eigenvalue weighted by molar-refractivity contribution is 0.0699. The number of hydrogen-bond acceptors (Lipinski definition) is 5. The molecule has 116 valence electrons. The first kappa shape index (κ1) is 15.3. The number of halogens is 1. The monoisotopic (exact) mass is 348 g/mol. The molecule has 6 nitrogen and oxygen atoms in total. The molecule has 0 atom stereocenters. The summed E-state index contributed by atoms with van der Waals surface area (Å²) in [4.78, 5) is 24.1. The fourth-order valence-electron chi connectivity index (χ4n) is 1.99. The number of carbonyl (C=O) groups is 2. The second-order valence-corrected chi connectivity index (χ2v) is 5.81. The molecule has 0 fully saturated rings. The van der Waals surface area contributed by atoms with Crippen LogP contribution in [-0.4, -0.2) is 22.1 Å². The van der Waals surface area contributed by atoms with Crippen molar-refractivity contribution in [3.63, 3.8) is 0 Å². The minimum Gasteiger partial charge on any atom is -0.478 e. The van der Waals surface area contributed by atoms with E-state index in [1.165, 1.54) is 23.6 Å². The molecular weight excluding hydrogens is 340 g/mol. The Hall–Kier alpha value is -2.64. The second-order valence-electron chi connectivity index (χ2n) is 4.50. The number of carbonyl (C=O) groups excluding carboxylic acids is 1. The Kier molecular flexibility index (Phi) is 4.14. The summed E-state index contributed by atoms with van der Waals surface area (Å²) < 4.78 is 4.75. The van der Waals surface area contributed by atoms with E-state index in [0.717, 1.165) is 0 Å². The van der Waals surface area contributed by atoms with Crippen LogP contribution in [0, 0.1) is 0 Å². The molecule has 0 aliphatic heterocycles. The van der Waals surface area contributed by atoms with Gasteiger partial charge >= 0.3 is 5.97 Å². The van der Waals surface area contributed by atoms with Crippen molar-refractivity contribution in [3.05, 3.63) is 58.3 Å². The van der Waals surface area contributed by atoms with Gasteiger partial charge in [-0.25, -0.2) is 4.79 Å². The molecule has 2 aromatic heterocycles. The number of rotatable bonds is 4. The minimum atomic E-state index is -1.14. The first-order valence-electron chi connectivity index (χ1n) is 6.39. The highest BCUT2D eigenvalue weighted by atomic mass is 35.5. The molecule has 0 aliphatic rings. The smallest absolute Gasteiger partial charge is 0.339 e. The van der Waals surface area contributed by atoms with Crippen LogP contribution in [0.5, 0.6) is 0 Å². The molecule has 1 amide bonds. The van der Waals surface area contributed by atoms with Crippen molar-refractivity contribution in [1.82, 2.24) is 5.16 Å². The topological polar surface area (TPSA) is 92.4 Å². The van der Waals surface area contributed by atoms with Crippen LogP contribution < -0.4 is 5.32 Å². The highest BCUT2D eigenvalue weighted by molar-refractivity contribution is 7.14. The van der Waals surface area contributed by atoms with E-state index in [9.17, 15) is 14.7 Å². The Morgan fingerprint density at radius 2 is 1.96 bits per heavy atom. The van der Waals surface area contributed by atoms with Crippen molar-refractivity contribution in [1.29, 1.82) is 0 Å². The van der Waals surface area contributed by atoms with Gasteiger partial charge in [0.25, 0.3) is 5.91 Å². The van der Waals surface area contributed by atoms with E-state index < -0.39 is 11.9 Å². The number of aromatic carboxylic acids is 1. The van der Waals surface area contributed by atoms with Gasteiger partial charge < -0.3 is 14.9 Å². The lowest BCUT2D eigenvalue weighted by Crippen LogP contribution is -2.13. The predicted molar refractivity (Wildman–Crippen MR) is 86.2 cm³/mol. The van der Waals surface area contributed by atoms with E-state index in [-0.39, 0.29) is 17.0 Å². The summed E-state index contributed by atoms with van der Waals surface area (Å²) in [6.45, 7) is 0. The Morgan fingerprint density at radius 3 is 2.57 bits per heavy atom. The van der Waals surface area contributed by atoms with E-state index in [1.807, 2.05) is 0 Å². The maximum atomic E-state index is 12.0. The standard InChI is InChI=1S/C15H9ClN2O4S/c16-9-3-1-8(2-4-9)13-12(15(20)21)10(7-23-13)18-14(19)11-5-6-17-22-11/h1-7H,(H,18,19)(H,20,21). The third-order valence-corrected chi connectivity index (χ3v) is 4.30. The maximum absolute atomic E-state index is 12.0. The van der Waals surface area contributed by atoms with Crippen LogP contribution >= 0.6 is 22.9 Å². The average molecular weight is 349 g/mol. The third-order valence-electron chi connectivity index (χ3n) is 3.02. The van der Waals surface area contributed by atoms with E-state index in [4.69, 9.17) is 16.1 Å². The molecule has 0 spiro atoms. The fourth-order valence-corrected chi connectivity index (χ4v) is 3.12. The number of nitrogens with one attached hydrogen (secondary N) is 1. The summed E-state index contributed by atoms with van der Waals surface area (Å²) in [6, 6.07) is 8.19. The van der Waals surface area contributed by atoms with Gasteiger partial charge in [-0.05, 0) is 17.7 Å². The molecule has 3 aromatic rings. The van der Waals surface area contributed by atoms with Gasteiger partial charge in [-0.1, -0.05) is 28.9 Å². The number of aromatic nitrogens is 1. The Labute approximate surface area is 139 Å². The Morgan fingerprint density at radius 1 is 1.22 bits per heavy atom. The van der Waals surface area contributed by atoms with Gasteiger partial charge in [-0.15, -0.1) is 11.3 Å². The zero-order valence-corrected chi connectivity index (χ0v) is 13.0. The largest absolute Gasteiger partial charge is 0.478 e. The number of anilines is 1. The van der Waals surface area contributed by atoms with Crippen molar-refractivity contribution < 1.29 is 19.2 Å². The molecule has 8 heteroatoms. The van der Waals surface area contributed by atoms with Gasteiger partial charge in [-0.3, -0.25) is 4.79 Å². The first-order chi connectivity index (χ1) is 11.1. The number of hydrogen-bond donors (Lipinski definition) is 2. The summed E-state index contributed by atoms with van der Waals surface area (Å²) in [5.74, 6) is -1.70. The average Bonchev–Trinajstić information content (AvgIpc) is 3.17. The molecule has 1 aromatic carbocycles. The number of carboxylic acids is 1. The molecule has 0 unspecified atom stereocenters. The summed E-state index contributed by atoms with van der Waals surface area (Å²) in [5, 5.41) is 17.6. The Bertz CT molecular complexity index is 856. The third kappa shape index (κ3) is 3.10. The molecule has 2 heterocycles. The molecule has 3 rings (SSSR count). The van der Waals surface area contributed by atoms with Crippen LogP contribution in [0.25, 0.3) is 10.4 Å². The van der Waals surface area contributed by atoms with Crippen LogP contribution in [0.4, 0.5) is 5.69 Å². The van der Waals surface area contributed by atoms with E-state index >= 15 is 0 Å². The lowest BCUT2D eigenvalue weighted by Gasteiger charge is -2.04. The molecule has 0 saturated heterocycles. The zero-order valence-electron chi connectivity index (χ0n) is 11.4. The van der Waals surface area contributed by atoms with Crippen LogP contribution in [0.2, 0.25) is 5.02 Å².